The highest BCUT2D eigenvalue weighted by molar-refractivity contribution is 7.89. The number of amides is 1. The molecule has 2 heterocycles. The van der Waals surface area contributed by atoms with Crippen LogP contribution in [0.15, 0.2) is 23.1 Å². The minimum atomic E-state index is -3.41. The Morgan fingerprint density at radius 1 is 1.04 bits per heavy atom. The number of hydrogen-bond donors (Lipinski definition) is 0. The molecule has 0 bridgehead atoms. The van der Waals surface area contributed by atoms with Crippen molar-refractivity contribution in [3.63, 3.8) is 0 Å². The Hall–Kier alpha value is -1.40. The lowest BCUT2D eigenvalue weighted by Gasteiger charge is -2.34. The Labute approximate surface area is 144 Å². The molecular weight excluding hydrogens is 324 g/mol. The monoisotopic (exact) mass is 350 g/mol. The van der Waals surface area contributed by atoms with Crippen molar-refractivity contribution in [2.45, 2.75) is 51.5 Å². The summed E-state index contributed by atoms with van der Waals surface area (Å²) in [5, 5.41) is 0. The van der Waals surface area contributed by atoms with Gasteiger partial charge < -0.3 is 4.90 Å². The molecular formula is C18H26N2O3S. The SMILES string of the molecule is CC(C)(C)C(=O)N1CCc2ccc(S(=O)(=O)N3CCCC3)cc2C1. The van der Waals surface area contributed by atoms with E-state index in [9.17, 15) is 13.2 Å². The number of sulfonamides is 1. The molecule has 2 aliphatic rings. The summed E-state index contributed by atoms with van der Waals surface area (Å²) in [7, 11) is -3.41. The summed E-state index contributed by atoms with van der Waals surface area (Å²) in [5.74, 6) is 0.112. The lowest BCUT2D eigenvalue weighted by Crippen LogP contribution is -2.42. The fourth-order valence-corrected chi connectivity index (χ4v) is 4.99. The van der Waals surface area contributed by atoms with Crippen molar-refractivity contribution < 1.29 is 13.2 Å². The van der Waals surface area contributed by atoms with Crippen LogP contribution in [0.4, 0.5) is 0 Å². The fraction of sp³-hybridized carbons (Fsp3) is 0.611. The van der Waals surface area contributed by atoms with Gasteiger partial charge in [-0.05, 0) is 42.5 Å². The van der Waals surface area contributed by atoms with Crippen LogP contribution in [0, 0.1) is 5.41 Å². The van der Waals surface area contributed by atoms with Crippen molar-refractivity contribution >= 4 is 15.9 Å². The molecule has 0 saturated carbocycles. The second-order valence-electron chi connectivity index (χ2n) is 7.77. The zero-order valence-corrected chi connectivity index (χ0v) is 15.5. The van der Waals surface area contributed by atoms with E-state index in [1.807, 2.05) is 31.7 Å². The summed E-state index contributed by atoms with van der Waals surface area (Å²) in [6.07, 6.45) is 2.64. The minimum absolute atomic E-state index is 0.112. The standard InChI is InChI=1S/C18H26N2O3S/c1-18(2,3)17(21)19-11-8-14-6-7-16(12-15(14)13-19)24(22,23)20-9-4-5-10-20/h6-7,12H,4-5,8-11,13H2,1-3H3. The molecule has 0 aliphatic carbocycles. The summed E-state index contributed by atoms with van der Waals surface area (Å²) >= 11 is 0. The van der Waals surface area contributed by atoms with Gasteiger partial charge in [-0.25, -0.2) is 8.42 Å². The third-order valence-electron chi connectivity index (χ3n) is 4.82. The Morgan fingerprint density at radius 3 is 2.33 bits per heavy atom. The van der Waals surface area contributed by atoms with Crippen LogP contribution in [0.1, 0.15) is 44.7 Å². The Morgan fingerprint density at radius 2 is 1.71 bits per heavy atom. The first kappa shape index (κ1) is 17.4. The predicted molar refractivity (Wildman–Crippen MR) is 93.0 cm³/mol. The van der Waals surface area contributed by atoms with Gasteiger partial charge in [0.1, 0.15) is 0 Å². The van der Waals surface area contributed by atoms with Crippen molar-refractivity contribution in [3.05, 3.63) is 29.3 Å². The van der Waals surface area contributed by atoms with Crippen LogP contribution < -0.4 is 0 Å². The van der Waals surface area contributed by atoms with E-state index in [1.54, 1.807) is 16.4 Å². The molecule has 1 aromatic carbocycles. The van der Waals surface area contributed by atoms with Gasteiger partial charge in [-0.15, -0.1) is 0 Å². The topological polar surface area (TPSA) is 57.7 Å². The van der Waals surface area contributed by atoms with Gasteiger partial charge in [0.2, 0.25) is 15.9 Å². The van der Waals surface area contributed by atoms with Crippen molar-refractivity contribution in [2.75, 3.05) is 19.6 Å². The molecule has 1 amide bonds. The second-order valence-corrected chi connectivity index (χ2v) is 9.71. The summed E-state index contributed by atoms with van der Waals surface area (Å²) in [6.45, 7) is 8.15. The first-order valence-electron chi connectivity index (χ1n) is 8.61. The van der Waals surface area contributed by atoms with E-state index in [0.29, 0.717) is 31.1 Å². The molecule has 1 saturated heterocycles. The van der Waals surface area contributed by atoms with Gasteiger partial charge in [0.25, 0.3) is 0 Å². The van der Waals surface area contributed by atoms with Crippen molar-refractivity contribution in [1.82, 2.24) is 9.21 Å². The maximum absolute atomic E-state index is 12.7. The van der Waals surface area contributed by atoms with Gasteiger partial charge in [-0.1, -0.05) is 26.8 Å². The van der Waals surface area contributed by atoms with Crippen molar-refractivity contribution in [2.24, 2.45) is 5.41 Å². The predicted octanol–water partition coefficient (Wildman–Crippen LogP) is 2.40. The molecule has 3 rings (SSSR count). The maximum atomic E-state index is 12.7. The molecule has 6 heteroatoms. The van der Waals surface area contributed by atoms with Gasteiger partial charge in [0.05, 0.1) is 4.90 Å². The highest BCUT2D eigenvalue weighted by atomic mass is 32.2. The Bertz CT molecular complexity index is 744. The van der Waals surface area contributed by atoms with Gasteiger partial charge >= 0.3 is 0 Å². The number of nitrogens with zero attached hydrogens (tertiary/aromatic N) is 2. The first-order chi connectivity index (χ1) is 11.2. The van der Waals surface area contributed by atoms with Crippen LogP contribution >= 0.6 is 0 Å². The summed E-state index contributed by atoms with van der Waals surface area (Å²) < 4.78 is 27.0. The lowest BCUT2D eigenvalue weighted by atomic mass is 9.92. The molecule has 0 aromatic heterocycles. The van der Waals surface area contributed by atoms with E-state index < -0.39 is 15.4 Å². The Balaban J connectivity index is 1.87. The summed E-state index contributed by atoms with van der Waals surface area (Å²) in [5.41, 5.74) is 1.68. The number of benzene rings is 1. The molecule has 24 heavy (non-hydrogen) atoms. The third-order valence-corrected chi connectivity index (χ3v) is 6.72. The number of fused-ring (bicyclic) bond motifs is 1. The molecule has 0 radical (unpaired) electrons. The van der Waals surface area contributed by atoms with Crippen LogP contribution in [-0.4, -0.2) is 43.2 Å². The molecule has 0 spiro atoms. The van der Waals surface area contributed by atoms with E-state index in [4.69, 9.17) is 0 Å². The number of carbonyl (C=O) groups is 1. The number of rotatable bonds is 2. The lowest BCUT2D eigenvalue weighted by molar-refractivity contribution is -0.140. The van der Waals surface area contributed by atoms with Crippen LogP contribution in [0.3, 0.4) is 0 Å². The second kappa shape index (κ2) is 6.15. The quantitative estimate of drug-likeness (QED) is 0.823. The van der Waals surface area contributed by atoms with Crippen LogP contribution in [-0.2, 0) is 27.8 Å². The molecule has 5 nitrogen and oxygen atoms in total. The number of hydrogen-bond acceptors (Lipinski definition) is 3. The van der Waals surface area contributed by atoms with Crippen LogP contribution in [0.5, 0.6) is 0 Å². The smallest absolute Gasteiger partial charge is 0.243 e. The maximum Gasteiger partial charge on any atom is 0.243 e. The Kier molecular flexibility index (Phi) is 4.47. The van der Waals surface area contributed by atoms with E-state index in [-0.39, 0.29) is 5.91 Å². The molecule has 1 aromatic rings. The van der Waals surface area contributed by atoms with Crippen LogP contribution in [0.25, 0.3) is 0 Å². The molecule has 132 valence electrons. The van der Waals surface area contributed by atoms with Gasteiger partial charge in [-0.2, -0.15) is 4.31 Å². The molecule has 2 aliphatic heterocycles. The zero-order chi connectivity index (χ0) is 17.5. The van der Waals surface area contributed by atoms with Crippen molar-refractivity contribution in [1.29, 1.82) is 0 Å². The normalized spacial score (nSPS) is 19.4. The largest absolute Gasteiger partial charge is 0.338 e. The van der Waals surface area contributed by atoms with Gasteiger partial charge in [0, 0.05) is 31.6 Å². The van der Waals surface area contributed by atoms with E-state index >= 15 is 0 Å². The number of carbonyl (C=O) groups excluding carboxylic acids is 1. The minimum Gasteiger partial charge on any atom is -0.338 e. The summed E-state index contributed by atoms with van der Waals surface area (Å²) in [4.78, 5) is 14.7. The van der Waals surface area contributed by atoms with E-state index in [1.165, 1.54) is 0 Å². The van der Waals surface area contributed by atoms with E-state index in [0.717, 1.165) is 30.4 Å². The average molecular weight is 350 g/mol. The molecule has 0 N–H and O–H groups in total. The molecule has 1 fully saturated rings. The molecule has 0 atom stereocenters. The molecule has 0 unspecified atom stereocenters. The fourth-order valence-electron chi connectivity index (χ4n) is 3.42. The van der Waals surface area contributed by atoms with E-state index in [2.05, 4.69) is 0 Å². The first-order valence-corrected chi connectivity index (χ1v) is 10.0. The highest BCUT2D eigenvalue weighted by Crippen LogP contribution is 2.28. The summed E-state index contributed by atoms with van der Waals surface area (Å²) in [6, 6.07) is 5.40. The van der Waals surface area contributed by atoms with Crippen molar-refractivity contribution in [3.8, 4) is 0 Å². The zero-order valence-electron chi connectivity index (χ0n) is 14.7. The third kappa shape index (κ3) is 3.22. The van der Waals surface area contributed by atoms with Gasteiger partial charge in [-0.3, -0.25) is 4.79 Å². The average Bonchev–Trinajstić information content (AvgIpc) is 3.07. The van der Waals surface area contributed by atoms with Crippen LogP contribution in [0.2, 0.25) is 0 Å². The highest BCUT2D eigenvalue weighted by Gasteiger charge is 2.31. The van der Waals surface area contributed by atoms with Gasteiger partial charge in [0.15, 0.2) is 0 Å².